The Morgan fingerprint density at radius 2 is 1.00 bits per heavy atom. The van der Waals surface area contributed by atoms with E-state index < -0.39 is 13.9 Å². The number of phosphoric acid groups is 1. The van der Waals surface area contributed by atoms with Gasteiger partial charge in [-0.15, -0.1) is 0 Å². The van der Waals surface area contributed by atoms with E-state index in [2.05, 4.69) is 26.0 Å². The number of carbonyl (C=O) groups is 1. The molecule has 0 amide bonds. The molecule has 0 radical (unpaired) electrons. The zero-order valence-electron chi connectivity index (χ0n) is 35.5. The van der Waals surface area contributed by atoms with Crippen molar-refractivity contribution < 1.29 is 37.3 Å². The smallest absolute Gasteiger partial charge is 0.306 e. The number of hydrogen-bond donors (Lipinski definition) is 0. The lowest BCUT2D eigenvalue weighted by atomic mass is 10.0. The highest BCUT2D eigenvalue weighted by Gasteiger charge is 2.20. The monoisotopic (exact) mass is 772 g/mol. The van der Waals surface area contributed by atoms with Crippen molar-refractivity contribution in [2.45, 2.75) is 206 Å². The van der Waals surface area contributed by atoms with Crippen LogP contribution in [-0.2, 0) is 27.9 Å². The molecule has 0 aliphatic carbocycles. The summed E-state index contributed by atoms with van der Waals surface area (Å²) < 4.78 is 34.3. The minimum absolute atomic E-state index is 0.0176. The van der Waals surface area contributed by atoms with Gasteiger partial charge < -0.3 is 27.9 Å². The summed E-state index contributed by atoms with van der Waals surface area (Å²) in [6, 6.07) is 0. The lowest BCUT2D eigenvalue weighted by Gasteiger charge is -2.28. The van der Waals surface area contributed by atoms with Gasteiger partial charge in [0.25, 0.3) is 7.82 Å². The second kappa shape index (κ2) is 37.7. The number of nitrogens with zero attached hydrogens (tertiary/aromatic N) is 1. The van der Waals surface area contributed by atoms with E-state index in [1.54, 1.807) is 6.26 Å². The van der Waals surface area contributed by atoms with Gasteiger partial charge in [0.1, 0.15) is 19.8 Å². The summed E-state index contributed by atoms with van der Waals surface area (Å²) in [6.45, 7) is 4.74. The first-order valence-corrected chi connectivity index (χ1v) is 23.6. The minimum Gasteiger partial charge on any atom is -0.756 e. The average Bonchev–Trinajstić information content (AvgIpc) is 3.11. The van der Waals surface area contributed by atoms with Crippen LogP contribution in [0.15, 0.2) is 24.5 Å². The number of ether oxygens (including phenoxy) is 2. The van der Waals surface area contributed by atoms with E-state index in [4.69, 9.17) is 18.5 Å². The molecule has 0 saturated carbocycles. The highest BCUT2D eigenvalue weighted by atomic mass is 31.2. The van der Waals surface area contributed by atoms with Crippen molar-refractivity contribution in [1.29, 1.82) is 0 Å². The van der Waals surface area contributed by atoms with E-state index in [0.717, 1.165) is 32.1 Å². The van der Waals surface area contributed by atoms with Crippen molar-refractivity contribution in [1.82, 2.24) is 0 Å². The molecule has 0 spiro atoms. The number of hydrogen-bond acceptors (Lipinski definition) is 7. The normalized spacial score (nSPS) is 13.9. The number of esters is 1. The summed E-state index contributed by atoms with van der Waals surface area (Å²) in [6.07, 6.45) is 42.8. The minimum atomic E-state index is -4.54. The fourth-order valence-corrected chi connectivity index (χ4v) is 6.82. The van der Waals surface area contributed by atoms with E-state index in [1.807, 2.05) is 27.2 Å². The van der Waals surface area contributed by atoms with Crippen LogP contribution in [0.1, 0.15) is 200 Å². The number of rotatable bonds is 41. The predicted molar refractivity (Wildman–Crippen MR) is 222 cm³/mol. The fraction of sp³-hybridized carbons (Fsp3) is 0.886. The third kappa shape index (κ3) is 41.8. The molecule has 9 heteroatoms. The molecular formula is C44H86NO7P. The summed E-state index contributed by atoms with van der Waals surface area (Å²) in [5.41, 5.74) is 0. The number of unbranched alkanes of at least 4 members (excludes halogenated alkanes) is 25. The summed E-state index contributed by atoms with van der Waals surface area (Å²) in [5, 5.41) is 0. The Kier molecular flexibility index (Phi) is 36.9. The molecule has 0 saturated heterocycles. The van der Waals surface area contributed by atoms with Crippen molar-refractivity contribution in [3.05, 3.63) is 24.5 Å². The number of phosphoric ester groups is 1. The van der Waals surface area contributed by atoms with Gasteiger partial charge in [0.2, 0.25) is 0 Å². The molecule has 1 unspecified atom stereocenters. The average molecular weight is 772 g/mol. The molecule has 0 rings (SSSR count). The number of quaternary nitrogens is 1. The molecule has 0 aliphatic heterocycles. The van der Waals surface area contributed by atoms with E-state index in [9.17, 15) is 14.3 Å². The number of carbonyl (C=O) groups excluding carboxylic acids is 1. The van der Waals surface area contributed by atoms with E-state index in [1.165, 1.54) is 148 Å². The highest BCUT2D eigenvalue weighted by Crippen LogP contribution is 2.38. The van der Waals surface area contributed by atoms with Crippen LogP contribution in [0.4, 0.5) is 0 Å². The first-order valence-electron chi connectivity index (χ1n) is 22.1. The zero-order chi connectivity index (χ0) is 39.1. The molecule has 0 aliphatic rings. The Labute approximate surface area is 328 Å². The Balaban J connectivity index is 4.27. The topological polar surface area (TPSA) is 94.1 Å². The van der Waals surface area contributed by atoms with Crippen LogP contribution in [0.25, 0.3) is 0 Å². The lowest BCUT2D eigenvalue weighted by Crippen LogP contribution is -2.37. The van der Waals surface area contributed by atoms with Crippen LogP contribution in [0.3, 0.4) is 0 Å². The molecule has 0 aromatic carbocycles. The molecular weight excluding hydrogens is 685 g/mol. The van der Waals surface area contributed by atoms with Crippen LogP contribution in [0.2, 0.25) is 0 Å². The number of allylic oxidation sites excluding steroid dienone is 3. The SMILES string of the molecule is CCCCCC/C=C\CCCCCCCC/C=C\OC[C@H](COP(=O)([O-])OCC[N+](C)(C)C)OC(=O)CCCCCCCCCCCCCCCCC. The van der Waals surface area contributed by atoms with Crippen LogP contribution < -0.4 is 4.89 Å². The molecule has 0 fully saturated rings. The van der Waals surface area contributed by atoms with Crippen molar-refractivity contribution in [2.75, 3.05) is 47.5 Å². The van der Waals surface area contributed by atoms with E-state index >= 15 is 0 Å². The third-order valence-corrected chi connectivity index (χ3v) is 10.5. The van der Waals surface area contributed by atoms with Gasteiger partial charge in [0, 0.05) is 6.42 Å². The van der Waals surface area contributed by atoms with Gasteiger partial charge in [-0.25, -0.2) is 0 Å². The van der Waals surface area contributed by atoms with Crippen molar-refractivity contribution in [3.8, 4) is 0 Å². The molecule has 0 N–H and O–H groups in total. The summed E-state index contributed by atoms with van der Waals surface area (Å²) in [4.78, 5) is 25.0. The summed E-state index contributed by atoms with van der Waals surface area (Å²) >= 11 is 0. The van der Waals surface area contributed by atoms with Crippen LogP contribution in [0, 0.1) is 0 Å². The maximum absolute atomic E-state index is 12.7. The predicted octanol–water partition coefficient (Wildman–Crippen LogP) is 12.5. The van der Waals surface area contributed by atoms with E-state index in [0.29, 0.717) is 17.4 Å². The maximum Gasteiger partial charge on any atom is 0.306 e. The van der Waals surface area contributed by atoms with E-state index in [-0.39, 0.29) is 25.8 Å². The lowest BCUT2D eigenvalue weighted by molar-refractivity contribution is -0.870. The molecule has 8 nitrogen and oxygen atoms in total. The van der Waals surface area contributed by atoms with Gasteiger partial charge in [-0.3, -0.25) is 9.36 Å². The fourth-order valence-electron chi connectivity index (χ4n) is 6.09. The number of likely N-dealkylation sites (N-methyl/N-ethyl adjacent to an activating group) is 1. The van der Waals surface area contributed by atoms with Gasteiger partial charge in [-0.2, -0.15) is 0 Å². The molecule has 53 heavy (non-hydrogen) atoms. The Morgan fingerprint density at radius 1 is 0.585 bits per heavy atom. The second-order valence-corrected chi connectivity index (χ2v) is 17.5. The second-order valence-electron chi connectivity index (χ2n) is 16.1. The molecule has 0 aromatic heterocycles. The third-order valence-electron chi connectivity index (χ3n) is 9.57. The molecule has 0 aromatic rings. The molecule has 2 atom stereocenters. The Hall–Kier alpha value is -1.18. The first kappa shape index (κ1) is 51.8. The first-order chi connectivity index (χ1) is 25.6. The van der Waals surface area contributed by atoms with Gasteiger partial charge in [-0.1, -0.05) is 161 Å². The molecule has 0 heterocycles. The molecule has 314 valence electrons. The Bertz CT molecular complexity index is 905. The summed E-state index contributed by atoms with van der Waals surface area (Å²) in [5.74, 6) is -0.356. The molecule has 0 bridgehead atoms. The largest absolute Gasteiger partial charge is 0.756 e. The summed E-state index contributed by atoms with van der Waals surface area (Å²) in [7, 11) is 1.33. The zero-order valence-corrected chi connectivity index (χ0v) is 36.4. The highest BCUT2D eigenvalue weighted by molar-refractivity contribution is 7.45. The van der Waals surface area contributed by atoms with Crippen molar-refractivity contribution in [3.63, 3.8) is 0 Å². The van der Waals surface area contributed by atoms with Gasteiger partial charge in [0.05, 0.1) is 34.0 Å². The standard InChI is InChI=1S/C44H86NO7P/c1-6-8-10-12-14-16-18-20-22-24-26-28-30-32-34-36-39-49-41-43(42-51-53(47,48)50-40-38-45(3,4)5)52-44(46)37-35-33-31-29-27-25-23-21-19-17-15-13-11-9-7-2/h16,18,36,39,43H,6-15,17,19-35,37-38,40-42H2,1-5H3/b18-16-,39-36-/t43-/m1/s1. The van der Waals surface area contributed by atoms with Crippen molar-refractivity contribution >= 4 is 13.8 Å². The van der Waals surface area contributed by atoms with Gasteiger partial charge >= 0.3 is 5.97 Å². The maximum atomic E-state index is 12.7. The Morgan fingerprint density at radius 3 is 1.47 bits per heavy atom. The van der Waals surface area contributed by atoms with Crippen molar-refractivity contribution in [2.24, 2.45) is 0 Å². The van der Waals surface area contributed by atoms with Gasteiger partial charge in [-0.05, 0) is 51.0 Å². The van der Waals surface area contributed by atoms with Crippen LogP contribution >= 0.6 is 7.82 Å². The van der Waals surface area contributed by atoms with Crippen LogP contribution in [-0.4, -0.2) is 64.1 Å². The van der Waals surface area contributed by atoms with Crippen LogP contribution in [0.5, 0.6) is 0 Å². The quantitative estimate of drug-likeness (QED) is 0.0152. The van der Waals surface area contributed by atoms with Gasteiger partial charge in [0.15, 0.2) is 6.10 Å².